The summed E-state index contributed by atoms with van der Waals surface area (Å²) >= 11 is 0. The summed E-state index contributed by atoms with van der Waals surface area (Å²) in [6.07, 6.45) is 6.59. The summed E-state index contributed by atoms with van der Waals surface area (Å²) in [5.41, 5.74) is 0.978. The number of piperidine rings is 1. The Morgan fingerprint density at radius 3 is 2.32 bits per heavy atom. The maximum absolute atomic E-state index is 13.4. The van der Waals surface area contributed by atoms with E-state index in [0.29, 0.717) is 5.91 Å². The number of ether oxygens (including phenoxy) is 1. The lowest BCUT2D eigenvalue weighted by molar-refractivity contribution is -0.141. The number of rotatable bonds is 4. The molecule has 5 rings (SSSR count). The molecule has 0 unspecified atom stereocenters. The van der Waals surface area contributed by atoms with Gasteiger partial charge in [0, 0.05) is 51.0 Å². The van der Waals surface area contributed by atoms with E-state index >= 15 is 0 Å². The fourth-order valence-corrected chi connectivity index (χ4v) is 6.00. The lowest BCUT2D eigenvalue weighted by Crippen LogP contribution is -2.52. The van der Waals surface area contributed by atoms with E-state index in [1.165, 1.54) is 5.56 Å². The van der Waals surface area contributed by atoms with E-state index in [0.717, 1.165) is 70.2 Å². The molecular weight excluding hydrogens is 390 g/mol. The molecule has 0 aliphatic carbocycles. The van der Waals surface area contributed by atoms with Crippen molar-refractivity contribution in [2.45, 2.75) is 25.8 Å². The first-order chi connectivity index (χ1) is 15.1. The van der Waals surface area contributed by atoms with E-state index in [-0.39, 0.29) is 10.8 Å². The Balaban J connectivity index is 1.35. The Hall–Kier alpha value is -2.67. The van der Waals surface area contributed by atoms with Crippen LogP contribution >= 0.6 is 0 Å². The number of benzene rings is 1. The number of methoxy groups -OCH3 is 1. The highest BCUT2D eigenvalue weighted by molar-refractivity contribution is 5.87. The van der Waals surface area contributed by atoms with E-state index in [4.69, 9.17) is 4.74 Å². The van der Waals surface area contributed by atoms with Crippen LogP contribution in [0.25, 0.3) is 0 Å². The van der Waals surface area contributed by atoms with Crippen LogP contribution in [0.5, 0.6) is 5.75 Å². The van der Waals surface area contributed by atoms with Gasteiger partial charge in [-0.3, -0.25) is 9.69 Å². The van der Waals surface area contributed by atoms with Gasteiger partial charge in [0.1, 0.15) is 5.75 Å². The van der Waals surface area contributed by atoms with Crippen LogP contribution in [-0.4, -0.2) is 72.6 Å². The first-order valence-electron chi connectivity index (χ1n) is 11.2. The molecule has 3 aliphatic heterocycles. The summed E-state index contributed by atoms with van der Waals surface area (Å²) in [5.74, 6) is 1.96. The second-order valence-electron chi connectivity index (χ2n) is 9.37. The number of fused-ring (bicyclic) bond motifs is 1. The van der Waals surface area contributed by atoms with Crippen LogP contribution in [0, 0.1) is 10.8 Å². The topological polar surface area (TPSA) is 61.8 Å². The number of hydrogen-bond acceptors (Lipinski definition) is 6. The fourth-order valence-electron chi connectivity index (χ4n) is 6.00. The molecule has 31 heavy (non-hydrogen) atoms. The maximum atomic E-state index is 13.4. The highest BCUT2D eigenvalue weighted by Crippen LogP contribution is 2.58. The highest BCUT2D eigenvalue weighted by Gasteiger charge is 2.65. The predicted octanol–water partition coefficient (Wildman–Crippen LogP) is 2.44. The summed E-state index contributed by atoms with van der Waals surface area (Å²) in [5, 5.41) is 0. The number of aromatic nitrogens is 2. The Morgan fingerprint density at radius 2 is 1.71 bits per heavy atom. The normalized spacial score (nSPS) is 25.7. The lowest BCUT2D eigenvalue weighted by atomic mass is 9.60. The van der Waals surface area contributed by atoms with Crippen LogP contribution in [0.1, 0.15) is 24.8 Å². The molecule has 0 bridgehead atoms. The smallest absolute Gasteiger partial charge is 0.231 e. The second-order valence-corrected chi connectivity index (χ2v) is 9.37. The molecule has 1 atom stereocenters. The van der Waals surface area contributed by atoms with Crippen LogP contribution in [0.4, 0.5) is 5.95 Å². The third-order valence-electron chi connectivity index (χ3n) is 7.81. The minimum absolute atomic E-state index is 0.00947. The predicted molar refractivity (Wildman–Crippen MR) is 119 cm³/mol. The maximum Gasteiger partial charge on any atom is 0.231 e. The summed E-state index contributed by atoms with van der Waals surface area (Å²) in [4.78, 5) is 29.1. The third kappa shape index (κ3) is 3.35. The van der Waals surface area contributed by atoms with Crippen molar-refractivity contribution in [2.75, 3.05) is 51.8 Å². The Kier molecular flexibility index (Phi) is 5.08. The molecule has 3 fully saturated rings. The molecule has 1 aromatic heterocycles. The molecule has 7 nitrogen and oxygen atoms in total. The van der Waals surface area contributed by atoms with Crippen molar-refractivity contribution in [3.8, 4) is 5.75 Å². The van der Waals surface area contributed by atoms with Gasteiger partial charge in [0.2, 0.25) is 11.9 Å². The van der Waals surface area contributed by atoms with Crippen LogP contribution in [0.15, 0.2) is 42.7 Å². The van der Waals surface area contributed by atoms with Crippen molar-refractivity contribution < 1.29 is 9.53 Å². The molecule has 2 spiro atoms. The van der Waals surface area contributed by atoms with Gasteiger partial charge >= 0.3 is 0 Å². The van der Waals surface area contributed by atoms with Gasteiger partial charge in [0.15, 0.2) is 0 Å². The van der Waals surface area contributed by atoms with Crippen molar-refractivity contribution in [3.05, 3.63) is 48.3 Å². The summed E-state index contributed by atoms with van der Waals surface area (Å²) in [6, 6.07) is 10.2. The third-order valence-corrected chi connectivity index (χ3v) is 7.81. The van der Waals surface area contributed by atoms with Gasteiger partial charge < -0.3 is 14.5 Å². The molecule has 3 aliphatic rings. The molecule has 164 valence electrons. The summed E-state index contributed by atoms with van der Waals surface area (Å²) in [6.45, 7) is 5.40. The van der Waals surface area contributed by atoms with Crippen LogP contribution in [-0.2, 0) is 11.3 Å². The van der Waals surface area contributed by atoms with Crippen LogP contribution < -0.4 is 9.64 Å². The first-order valence-corrected chi connectivity index (χ1v) is 11.2. The number of amides is 1. The number of hydrogen-bond donors (Lipinski definition) is 0. The largest absolute Gasteiger partial charge is 0.497 e. The molecule has 0 radical (unpaired) electrons. The first kappa shape index (κ1) is 20.2. The number of anilines is 1. The Bertz CT molecular complexity index is 927. The van der Waals surface area contributed by atoms with E-state index in [9.17, 15) is 4.79 Å². The molecule has 0 saturated carbocycles. The molecule has 0 N–H and O–H groups in total. The highest BCUT2D eigenvalue weighted by atomic mass is 16.5. The fraction of sp³-hybridized carbons (Fsp3) is 0.542. The zero-order valence-electron chi connectivity index (χ0n) is 18.5. The van der Waals surface area contributed by atoms with Crippen molar-refractivity contribution in [3.63, 3.8) is 0 Å². The van der Waals surface area contributed by atoms with Gasteiger partial charge in [-0.15, -0.1) is 0 Å². The molecular formula is C24H31N5O2. The van der Waals surface area contributed by atoms with Crippen molar-refractivity contribution in [1.29, 1.82) is 0 Å². The number of nitrogens with zero attached hydrogens (tertiary/aromatic N) is 5. The molecule has 2 aromatic rings. The van der Waals surface area contributed by atoms with Crippen molar-refractivity contribution in [2.24, 2.45) is 10.8 Å². The molecule has 4 heterocycles. The molecule has 3 saturated heterocycles. The monoisotopic (exact) mass is 421 g/mol. The van der Waals surface area contributed by atoms with E-state index in [1.807, 2.05) is 30.1 Å². The molecule has 1 amide bonds. The van der Waals surface area contributed by atoms with Crippen molar-refractivity contribution >= 4 is 11.9 Å². The number of likely N-dealkylation sites (tertiary alicyclic amines) is 2. The molecule has 7 heteroatoms. The van der Waals surface area contributed by atoms with Gasteiger partial charge in [-0.05, 0) is 56.1 Å². The lowest BCUT2D eigenvalue weighted by Gasteiger charge is -2.46. The van der Waals surface area contributed by atoms with Gasteiger partial charge in [-0.2, -0.15) is 0 Å². The SMILES string of the molecule is COc1ccc(CN2CCC3(CC2)CN(c2ncccn2)C[C@]32CCN(C)C2=O)cc1. The Morgan fingerprint density at radius 1 is 1.00 bits per heavy atom. The minimum Gasteiger partial charge on any atom is -0.497 e. The minimum atomic E-state index is -0.312. The van der Waals surface area contributed by atoms with Gasteiger partial charge in [-0.1, -0.05) is 12.1 Å². The zero-order valence-corrected chi connectivity index (χ0v) is 18.5. The van der Waals surface area contributed by atoms with Crippen LogP contribution in [0.2, 0.25) is 0 Å². The van der Waals surface area contributed by atoms with Gasteiger partial charge in [0.25, 0.3) is 0 Å². The van der Waals surface area contributed by atoms with Gasteiger partial charge in [0.05, 0.1) is 12.5 Å². The number of carbonyl (C=O) groups excluding carboxylic acids is 1. The summed E-state index contributed by atoms with van der Waals surface area (Å²) < 4.78 is 5.28. The molecule has 1 aromatic carbocycles. The van der Waals surface area contributed by atoms with E-state index in [2.05, 4.69) is 31.9 Å². The average molecular weight is 422 g/mol. The Labute approximate surface area is 184 Å². The van der Waals surface area contributed by atoms with E-state index in [1.54, 1.807) is 19.5 Å². The second kappa shape index (κ2) is 7.79. The standard InChI is InChI=1S/C24H31N5O2/c1-27-13-10-24(21(27)30)18-29(22-25-11-3-12-26-22)17-23(24)8-14-28(15-9-23)16-19-4-6-20(31-2)7-5-19/h3-7,11-12H,8-10,13-18H2,1-2H3/t24-/m0/s1. The zero-order chi connectivity index (χ0) is 21.5. The van der Waals surface area contributed by atoms with Crippen LogP contribution in [0.3, 0.4) is 0 Å². The average Bonchev–Trinajstić information content (AvgIpc) is 3.29. The van der Waals surface area contributed by atoms with Crippen molar-refractivity contribution in [1.82, 2.24) is 19.8 Å². The summed E-state index contributed by atoms with van der Waals surface area (Å²) in [7, 11) is 3.65. The van der Waals surface area contributed by atoms with Gasteiger partial charge in [-0.25, -0.2) is 9.97 Å². The van der Waals surface area contributed by atoms with E-state index < -0.39 is 0 Å². The quantitative estimate of drug-likeness (QED) is 0.756. The number of carbonyl (C=O) groups is 1.